The molecule has 0 aromatic heterocycles. The Kier molecular flexibility index (Phi) is 7.01. The van der Waals surface area contributed by atoms with Crippen LogP contribution in [0.25, 0.3) is 5.76 Å². The Bertz CT molecular complexity index is 1240. The standard InChI is InChI=1S/C29H37NO7/c1-6-14(2)8-7-9-16-12-20(30(4)5)19-11-17-10-18-13-21(32)22(15(3)31)27(35)29(18,37)28(36)23(17)26(34)24(19)25(16)33/h12,14,17-18,33-35,37H,6-11,13H2,1-5H3/t14?,17-,18+,29-/m1/s1. The normalized spacial score (nSPS) is 26.0. The Balaban J connectivity index is 1.85. The Morgan fingerprint density at radius 3 is 2.46 bits per heavy atom. The maximum absolute atomic E-state index is 13.7. The molecule has 4 rings (SSSR count). The summed E-state index contributed by atoms with van der Waals surface area (Å²) < 4.78 is 0. The first-order valence-electron chi connectivity index (χ1n) is 13.1. The number of allylic oxidation sites excluding steroid dienone is 1. The van der Waals surface area contributed by atoms with Gasteiger partial charge in [0.25, 0.3) is 0 Å². The molecule has 0 aliphatic heterocycles. The highest BCUT2D eigenvalue weighted by Gasteiger charge is 2.60. The van der Waals surface area contributed by atoms with Crippen molar-refractivity contribution in [1.82, 2.24) is 0 Å². The molecule has 1 fully saturated rings. The quantitative estimate of drug-likeness (QED) is 0.404. The van der Waals surface area contributed by atoms with Gasteiger partial charge in [0.1, 0.15) is 22.8 Å². The third-order valence-corrected chi connectivity index (χ3v) is 8.55. The van der Waals surface area contributed by atoms with Crippen LogP contribution in [0.15, 0.2) is 23.0 Å². The van der Waals surface area contributed by atoms with Crippen molar-refractivity contribution in [2.45, 2.75) is 71.3 Å². The van der Waals surface area contributed by atoms with Gasteiger partial charge in [0.05, 0.1) is 5.56 Å². The van der Waals surface area contributed by atoms with Crippen molar-refractivity contribution in [3.63, 3.8) is 0 Å². The van der Waals surface area contributed by atoms with Crippen molar-refractivity contribution in [3.05, 3.63) is 39.7 Å². The monoisotopic (exact) mass is 511 g/mol. The maximum Gasteiger partial charge on any atom is 0.202 e. The second kappa shape index (κ2) is 9.63. The van der Waals surface area contributed by atoms with Crippen molar-refractivity contribution in [2.75, 3.05) is 19.0 Å². The number of carbonyl (C=O) groups excluding carboxylic acids is 3. The number of phenols is 1. The van der Waals surface area contributed by atoms with Crippen LogP contribution in [0.2, 0.25) is 0 Å². The first-order chi connectivity index (χ1) is 17.3. The average molecular weight is 512 g/mol. The van der Waals surface area contributed by atoms with Gasteiger partial charge in [-0.05, 0) is 61.6 Å². The van der Waals surface area contributed by atoms with E-state index in [-0.39, 0.29) is 29.7 Å². The zero-order valence-electron chi connectivity index (χ0n) is 22.2. The van der Waals surface area contributed by atoms with E-state index < -0.39 is 51.9 Å². The Hall–Kier alpha value is -3.13. The number of aliphatic hydroxyl groups excluding tert-OH is 2. The number of hydrogen-bond acceptors (Lipinski definition) is 8. The molecule has 200 valence electrons. The number of rotatable bonds is 7. The van der Waals surface area contributed by atoms with Crippen LogP contribution < -0.4 is 4.90 Å². The number of fused-ring (bicyclic) bond motifs is 3. The summed E-state index contributed by atoms with van der Waals surface area (Å²) in [5.74, 6) is -4.57. The van der Waals surface area contributed by atoms with Crippen LogP contribution in [0.4, 0.5) is 5.69 Å². The molecule has 8 nitrogen and oxygen atoms in total. The van der Waals surface area contributed by atoms with Gasteiger partial charge in [-0.25, -0.2) is 0 Å². The number of anilines is 1. The fourth-order valence-electron chi connectivity index (χ4n) is 6.27. The Morgan fingerprint density at radius 1 is 1.19 bits per heavy atom. The zero-order chi connectivity index (χ0) is 27.4. The second-order valence-corrected chi connectivity index (χ2v) is 11.2. The lowest BCUT2D eigenvalue weighted by Crippen LogP contribution is -2.57. The number of ketones is 3. The molecular weight excluding hydrogens is 474 g/mol. The summed E-state index contributed by atoms with van der Waals surface area (Å²) in [5, 5.41) is 45.0. The number of aryl methyl sites for hydroxylation is 1. The maximum atomic E-state index is 13.7. The highest BCUT2D eigenvalue weighted by atomic mass is 16.3. The van der Waals surface area contributed by atoms with Gasteiger partial charge in [0.15, 0.2) is 17.2 Å². The first-order valence-corrected chi connectivity index (χ1v) is 13.1. The number of aromatic hydroxyl groups is 1. The molecule has 1 saturated carbocycles. The van der Waals surface area contributed by atoms with E-state index in [1.807, 2.05) is 25.1 Å². The molecule has 3 aliphatic rings. The average Bonchev–Trinajstić information content (AvgIpc) is 2.82. The van der Waals surface area contributed by atoms with E-state index in [1.54, 1.807) is 0 Å². The highest BCUT2D eigenvalue weighted by Crippen LogP contribution is 2.53. The molecule has 0 amide bonds. The van der Waals surface area contributed by atoms with Crippen molar-refractivity contribution in [3.8, 4) is 5.75 Å². The largest absolute Gasteiger partial charge is 0.508 e. The molecular formula is C29H37NO7. The van der Waals surface area contributed by atoms with Crippen molar-refractivity contribution in [1.29, 1.82) is 0 Å². The molecule has 0 bridgehead atoms. The van der Waals surface area contributed by atoms with Crippen LogP contribution in [0.1, 0.15) is 69.6 Å². The van der Waals surface area contributed by atoms with Crippen molar-refractivity contribution >= 4 is 28.8 Å². The van der Waals surface area contributed by atoms with E-state index in [9.17, 15) is 34.8 Å². The van der Waals surface area contributed by atoms with E-state index in [2.05, 4.69) is 13.8 Å². The highest BCUT2D eigenvalue weighted by molar-refractivity contribution is 6.23. The molecule has 0 spiro atoms. The van der Waals surface area contributed by atoms with Gasteiger partial charge in [0, 0.05) is 37.7 Å². The molecule has 1 aromatic carbocycles. The van der Waals surface area contributed by atoms with Crippen LogP contribution in [0.5, 0.6) is 5.75 Å². The lowest BCUT2D eigenvalue weighted by Gasteiger charge is -2.46. The van der Waals surface area contributed by atoms with Gasteiger partial charge < -0.3 is 25.3 Å². The first kappa shape index (κ1) is 26.9. The summed E-state index contributed by atoms with van der Waals surface area (Å²) >= 11 is 0. The Labute approximate surface area is 217 Å². The van der Waals surface area contributed by atoms with Crippen LogP contribution in [-0.4, -0.2) is 57.5 Å². The zero-order valence-corrected chi connectivity index (χ0v) is 22.2. The number of benzene rings is 1. The van der Waals surface area contributed by atoms with Crippen LogP contribution in [0.3, 0.4) is 0 Å². The number of aliphatic hydroxyl groups is 3. The van der Waals surface area contributed by atoms with E-state index in [4.69, 9.17) is 0 Å². The number of carbonyl (C=O) groups is 3. The molecule has 8 heteroatoms. The number of Topliss-reactive ketones (excluding diaryl/α,β-unsaturated/α-hetero) is 3. The summed E-state index contributed by atoms with van der Waals surface area (Å²) in [7, 11) is 3.76. The lowest BCUT2D eigenvalue weighted by atomic mass is 9.59. The summed E-state index contributed by atoms with van der Waals surface area (Å²) in [6.07, 6.45) is 3.75. The van der Waals surface area contributed by atoms with Crippen molar-refractivity contribution in [2.24, 2.45) is 17.8 Å². The Morgan fingerprint density at radius 2 is 1.86 bits per heavy atom. The van der Waals surface area contributed by atoms with E-state index >= 15 is 0 Å². The van der Waals surface area contributed by atoms with E-state index in [0.29, 0.717) is 29.9 Å². The lowest BCUT2D eigenvalue weighted by molar-refractivity contribution is -0.147. The predicted molar refractivity (Wildman–Crippen MR) is 140 cm³/mol. The summed E-state index contributed by atoms with van der Waals surface area (Å²) in [6, 6.07) is 1.93. The molecule has 0 radical (unpaired) electrons. The summed E-state index contributed by atoms with van der Waals surface area (Å²) in [5.41, 5.74) is -0.750. The van der Waals surface area contributed by atoms with E-state index in [1.165, 1.54) is 0 Å². The third-order valence-electron chi connectivity index (χ3n) is 8.55. The van der Waals surface area contributed by atoms with Gasteiger partial charge in [-0.15, -0.1) is 0 Å². The summed E-state index contributed by atoms with van der Waals surface area (Å²) in [6.45, 7) is 5.42. The SMILES string of the molecule is CCC(C)CCCc1cc(N(C)C)c2c(c1O)C(O)=C1C(=O)[C@]3(O)C(O)=C(C(C)=O)C(=O)C[C@@H]3C[C@@H]1C2. The van der Waals surface area contributed by atoms with Gasteiger partial charge in [-0.1, -0.05) is 26.7 Å². The van der Waals surface area contributed by atoms with Gasteiger partial charge >= 0.3 is 0 Å². The molecule has 3 aliphatic carbocycles. The van der Waals surface area contributed by atoms with Crippen LogP contribution in [-0.2, 0) is 27.2 Å². The van der Waals surface area contributed by atoms with Gasteiger partial charge in [-0.3, -0.25) is 14.4 Å². The van der Waals surface area contributed by atoms with Crippen LogP contribution >= 0.6 is 0 Å². The minimum Gasteiger partial charge on any atom is -0.508 e. The molecule has 1 aromatic rings. The second-order valence-electron chi connectivity index (χ2n) is 11.2. The topological polar surface area (TPSA) is 135 Å². The van der Waals surface area contributed by atoms with E-state index in [0.717, 1.165) is 31.9 Å². The fraction of sp³-hybridized carbons (Fsp3) is 0.552. The van der Waals surface area contributed by atoms with Crippen molar-refractivity contribution < 1.29 is 34.8 Å². The van der Waals surface area contributed by atoms with Gasteiger partial charge in [-0.2, -0.15) is 0 Å². The number of nitrogens with zero attached hydrogens (tertiary/aromatic N) is 1. The van der Waals surface area contributed by atoms with Crippen LogP contribution in [0, 0.1) is 17.8 Å². The molecule has 0 saturated heterocycles. The number of hydrogen-bond donors (Lipinski definition) is 4. The molecule has 4 atom stereocenters. The minimum absolute atomic E-state index is 0.0770. The summed E-state index contributed by atoms with van der Waals surface area (Å²) in [4.78, 5) is 40.3. The molecule has 0 heterocycles. The third kappa shape index (κ3) is 4.15. The molecule has 1 unspecified atom stereocenters. The predicted octanol–water partition coefficient (Wildman–Crippen LogP) is 3.96. The number of phenolic OH excluding ortho intramolecular Hbond substituents is 1. The molecule has 37 heavy (non-hydrogen) atoms. The molecule has 4 N–H and O–H groups in total. The minimum atomic E-state index is -2.47. The van der Waals surface area contributed by atoms with Gasteiger partial charge in [0.2, 0.25) is 5.78 Å². The smallest absolute Gasteiger partial charge is 0.202 e. The fourth-order valence-corrected chi connectivity index (χ4v) is 6.27.